The molecule has 10 nitrogen and oxygen atoms in total. The van der Waals surface area contributed by atoms with Gasteiger partial charge in [-0.05, 0) is 64.7 Å². The number of carbonyl (C=O) groups is 4. The number of likely N-dealkylation sites (tertiary alicyclic amines) is 1. The van der Waals surface area contributed by atoms with Gasteiger partial charge in [-0.2, -0.15) is 31.6 Å². The van der Waals surface area contributed by atoms with Crippen LogP contribution >= 0.6 is 0 Å². The maximum Gasteiger partial charge on any atom is 0.471 e. The Bertz CT molecular complexity index is 1190. The van der Waals surface area contributed by atoms with Crippen molar-refractivity contribution < 1.29 is 50.3 Å². The van der Waals surface area contributed by atoms with E-state index in [0.29, 0.717) is 20.3 Å². The summed E-state index contributed by atoms with van der Waals surface area (Å²) in [5, 5.41) is 16.5. The summed E-state index contributed by atoms with van der Waals surface area (Å²) in [5.74, 6) is -6.25. The van der Waals surface area contributed by atoms with Gasteiger partial charge < -0.3 is 25.6 Å². The third-order valence-electron chi connectivity index (χ3n) is 8.78. The molecule has 3 rings (SSSR count). The molecule has 2 heterocycles. The molecule has 0 aromatic rings. The lowest BCUT2D eigenvalue weighted by Crippen LogP contribution is -2.62. The zero-order chi connectivity index (χ0) is 33.1. The third kappa shape index (κ3) is 7.02. The van der Waals surface area contributed by atoms with Crippen LogP contribution in [0.25, 0.3) is 0 Å². The van der Waals surface area contributed by atoms with Crippen LogP contribution in [0, 0.1) is 34.5 Å². The second-order valence-corrected chi connectivity index (χ2v) is 13.4. The van der Waals surface area contributed by atoms with Crippen LogP contribution in [-0.4, -0.2) is 82.8 Å². The normalized spacial score (nSPS) is 28.2. The van der Waals surface area contributed by atoms with E-state index in [1.165, 1.54) is 5.32 Å². The predicted molar refractivity (Wildman–Crippen MR) is 137 cm³/mol. The van der Waals surface area contributed by atoms with Crippen LogP contribution in [0.4, 0.5) is 26.3 Å². The molecule has 0 spiro atoms. The minimum absolute atomic E-state index is 0.0304. The van der Waals surface area contributed by atoms with E-state index in [-0.39, 0.29) is 24.8 Å². The molecule has 43 heavy (non-hydrogen) atoms. The van der Waals surface area contributed by atoms with Gasteiger partial charge in [-0.15, -0.1) is 0 Å². The molecule has 1 aliphatic carbocycles. The van der Waals surface area contributed by atoms with E-state index in [0.717, 1.165) is 11.8 Å². The Labute approximate surface area is 245 Å². The smallest absolute Gasteiger partial charge is 0.360 e. The maximum atomic E-state index is 13.7. The number of nitriles is 1. The molecule has 7 atom stereocenters. The number of hydrogen-bond donors (Lipinski definition) is 3. The van der Waals surface area contributed by atoms with Crippen molar-refractivity contribution in [1.29, 1.82) is 5.26 Å². The van der Waals surface area contributed by atoms with Crippen molar-refractivity contribution in [2.45, 2.75) is 109 Å². The lowest BCUT2D eigenvalue weighted by Gasteiger charge is -2.38. The second kappa shape index (κ2) is 11.1. The summed E-state index contributed by atoms with van der Waals surface area (Å²) in [4.78, 5) is 52.4. The fraction of sp³-hybridized carbons (Fsp3) is 0.815. The first-order chi connectivity index (χ1) is 19.3. The predicted octanol–water partition coefficient (Wildman–Crippen LogP) is 2.58. The number of ether oxygens (including phenoxy) is 1. The molecule has 2 aliphatic heterocycles. The first-order valence-corrected chi connectivity index (χ1v) is 13.8. The molecule has 16 heteroatoms. The topological polar surface area (TPSA) is 141 Å². The van der Waals surface area contributed by atoms with Gasteiger partial charge in [0.25, 0.3) is 0 Å². The Morgan fingerprint density at radius 3 is 2.16 bits per heavy atom. The summed E-state index contributed by atoms with van der Waals surface area (Å²) in [7, 11) is 0. The van der Waals surface area contributed by atoms with Crippen molar-refractivity contribution in [3.63, 3.8) is 0 Å². The number of fused-ring (bicyclic) bond motifs is 1. The molecule has 2 saturated heterocycles. The summed E-state index contributed by atoms with van der Waals surface area (Å²) in [5.41, 5.74) is -3.89. The molecule has 0 radical (unpaired) electrons. The number of nitrogens with zero attached hydrogens (tertiary/aromatic N) is 2. The highest BCUT2D eigenvalue weighted by atomic mass is 19.4. The van der Waals surface area contributed by atoms with Crippen LogP contribution in [0.5, 0.6) is 0 Å². The lowest BCUT2D eigenvalue weighted by molar-refractivity contribution is -0.277. The van der Waals surface area contributed by atoms with Crippen LogP contribution in [0.1, 0.15) is 61.3 Å². The van der Waals surface area contributed by atoms with Gasteiger partial charge in [0.1, 0.15) is 18.1 Å². The lowest BCUT2D eigenvalue weighted by atomic mass is 9.91. The Balaban J connectivity index is 1.87. The average Bonchev–Trinajstić information content (AvgIpc) is 3.11. The number of amides is 4. The first-order valence-electron chi connectivity index (χ1n) is 13.8. The number of carbonyl (C=O) groups excluding carboxylic acids is 4. The maximum absolute atomic E-state index is 13.7. The quantitative estimate of drug-likeness (QED) is 0.337. The van der Waals surface area contributed by atoms with Crippen molar-refractivity contribution in [2.75, 3.05) is 6.54 Å². The van der Waals surface area contributed by atoms with Gasteiger partial charge in [0.2, 0.25) is 17.7 Å². The fourth-order valence-corrected chi connectivity index (χ4v) is 6.27. The van der Waals surface area contributed by atoms with E-state index in [2.05, 4.69) is 10.6 Å². The van der Waals surface area contributed by atoms with Crippen molar-refractivity contribution >= 4 is 23.6 Å². The van der Waals surface area contributed by atoms with Gasteiger partial charge in [-0.1, -0.05) is 13.8 Å². The Kier molecular flexibility index (Phi) is 8.90. The van der Waals surface area contributed by atoms with Crippen molar-refractivity contribution in [1.82, 2.24) is 20.9 Å². The molecule has 1 saturated carbocycles. The largest absolute Gasteiger partial charge is 0.471 e. The minimum atomic E-state index is -5.47. The van der Waals surface area contributed by atoms with E-state index in [1.807, 2.05) is 19.9 Å². The Hall–Kier alpha value is -3.09. The second-order valence-electron chi connectivity index (χ2n) is 13.4. The molecule has 3 aliphatic rings. The summed E-state index contributed by atoms with van der Waals surface area (Å²) in [6.45, 7) is 9.27. The van der Waals surface area contributed by atoms with Gasteiger partial charge in [0, 0.05) is 18.0 Å². The van der Waals surface area contributed by atoms with E-state index >= 15 is 0 Å². The highest BCUT2D eigenvalue weighted by Gasteiger charge is 2.70. The zero-order valence-corrected chi connectivity index (χ0v) is 24.9. The number of hydrogen-bond acceptors (Lipinski definition) is 6. The highest BCUT2D eigenvalue weighted by molar-refractivity contribution is 5.95. The van der Waals surface area contributed by atoms with Crippen molar-refractivity contribution in [3.05, 3.63) is 0 Å². The SMILES string of the molecule is C[C@@H](OC(C)(C)C(F)(F)F)[C@H](NC(=O)C(F)(F)F)C(=O)N1C[C@H]2C([C@H]1C(=O)N[C@H](C#N)C[C@@H]1CC(C)(C)NC1=O)C2(C)C. The number of rotatable bonds is 9. The molecule has 3 fully saturated rings. The third-order valence-corrected chi connectivity index (χ3v) is 8.78. The van der Waals surface area contributed by atoms with Gasteiger partial charge >= 0.3 is 18.3 Å². The monoisotopic (exact) mass is 625 g/mol. The molecule has 0 aromatic carbocycles. The average molecular weight is 626 g/mol. The van der Waals surface area contributed by atoms with E-state index < -0.39 is 82.7 Å². The van der Waals surface area contributed by atoms with Gasteiger partial charge in [0.05, 0.1) is 12.2 Å². The van der Waals surface area contributed by atoms with E-state index in [9.17, 15) is 50.8 Å². The van der Waals surface area contributed by atoms with Crippen LogP contribution < -0.4 is 16.0 Å². The summed E-state index contributed by atoms with van der Waals surface area (Å²) < 4.78 is 85.0. The van der Waals surface area contributed by atoms with Gasteiger partial charge in [0.15, 0.2) is 5.60 Å². The molecule has 1 unspecified atom stereocenters. The molecular formula is C27H37F6N5O5. The van der Waals surface area contributed by atoms with E-state index in [4.69, 9.17) is 4.74 Å². The summed E-state index contributed by atoms with van der Waals surface area (Å²) in [6.07, 6.45) is -12.0. The summed E-state index contributed by atoms with van der Waals surface area (Å²) >= 11 is 0. The molecule has 0 bridgehead atoms. The molecule has 3 N–H and O–H groups in total. The minimum Gasteiger partial charge on any atom is -0.360 e. The summed E-state index contributed by atoms with van der Waals surface area (Å²) in [6, 6.07) is -2.76. The van der Waals surface area contributed by atoms with Crippen molar-refractivity contribution in [2.24, 2.45) is 23.2 Å². The zero-order valence-electron chi connectivity index (χ0n) is 24.9. The molecular weight excluding hydrogens is 588 g/mol. The van der Waals surface area contributed by atoms with Crippen LogP contribution in [0.15, 0.2) is 0 Å². The number of piperidine rings is 1. The molecule has 4 amide bonds. The van der Waals surface area contributed by atoms with E-state index in [1.54, 1.807) is 13.8 Å². The van der Waals surface area contributed by atoms with Crippen LogP contribution in [0.2, 0.25) is 0 Å². The Morgan fingerprint density at radius 1 is 1.12 bits per heavy atom. The van der Waals surface area contributed by atoms with Crippen molar-refractivity contribution in [3.8, 4) is 6.07 Å². The standard InChI is InChI=1S/C27H37F6N5O5/c1-12(43-25(6,7)27(31,32)33)17(36-22(42)26(28,29)30)21(41)38-11-15-16(24(15,4)5)18(38)20(40)35-14(10-34)8-13-9-23(2,3)37-19(13)39/h12-18H,8-9,11H2,1-7H3,(H,35,40)(H,36,42)(H,37,39)/t12-,13-,14+,15+,16?,17+,18+/m1/s1. The number of alkyl halides is 6. The highest BCUT2D eigenvalue weighted by Crippen LogP contribution is 2.65. The molecule has 0 aromatic heterocycles. The molecule has 242 valence electrons. The fourth-order valence-electron chi connectivity index (χ4n) is 6.27. The van der Waals surface area contributed by atoms with Gasteiger partial charge in [-0.3, -0.25) is 19.2 Å². The number of nitrogens with one attached hydrogen (secondary N) is 3. The van der Waals surface area contributed by atoms with Crippen LogP contribution in [-0.2, 0) is 23.9 Å². The first kappa shape index (κ1) is 34.4. The Morgan fingerprint density at radius 2 is 1.70 bits per heavy atom. The van der Waals surface area contributed by atoms with Crippen LogP contribution in [0.3, 0.4) is 0 Å². The number of halogens is 6. The van der Waals surface area contributed by atoms with Gasteiger partial charge in [-0.25, -0.2) is 0 Å².